The van der Waals surface area contributed by atoms with E-state index in [1.54, 1.807) is 0 Å². The second-order valence-electron chi connectivity index (χ2n) is 2.21. The summed E-state index contributed by atoms with van der Waals surface area (Å²) < 4.78 is 3.86. The number of nitrogens with zero attached hydrogens (tertiary/aromatic N) is 2. The highest BCUT2D eigenvalue weighted by Crippen LogP contribution is 2.18. The molecule has 12 heavy (non-hydrogen) atoms. The third-order valence-corrected chi connectivity index (χ3v) is 2.21. The van der Waals surface area contributed by atoms with E-state index in [2.05, 4.69) is 9.36 Å². The fourth-order valence-corrected chi connectivity index (χ4v) is 1.59. The maximum Gasteiger partial charge on any atom is 0.336 e. The molecule has 0 aliphatic carbocycles. The SMILES string of the molecule is O=C(O)c1ccnc2sncc12. The van der Waals surface area contributed by atoms with Crippen molar-refractivity contribution in [2.45, 2.75) is 0 Å². The van der Waals surface area contributed by atoms with Gasteiger partial charge in [0.2, 0.25) is 0 Å². The largest absolute Gasteiger partial charge is 0.478 e. The first kappa shape index (κ1) is 7.17. The highest BCUT2D eigenvalue weighted by molar-refractivity contribution is 7.12. The van der Waals surface area contributed by atoms with Gasteiger partial charge in [0.05, 0.1) is 11.8 Å². The molecule has 0 saturated heterocycles. The van der Waals surface area contributed by atoms with E-state index >= 15 is 0 Å². The number of aromatic nitrogens is 2. The Bertz CT molecular complexity index is 438. The summed E-state index contributed by atoms with van der Waals surface area (Å²) >= 11 is 1.19. The molecular formula is C7H4N2O2S. The number of fused-ring (bicyclic) bond motifs is 1. The Hall–Kier alpha value is -1.49. The molecule has 0 atom stereocenters. The van der Waals surface area contributed by atoms with E-state index in [9.17, 15) is 4.79 Å². The molecule has 2 heterocycles. The second kappa shape index (κ2) is 2.53. The van der Waals surface area contributed by atoms with Gasteiger partial charge in [0.15, 0.2) is 0 Å². The third-order valence-electron chi connectivity index (χ3n) is 1.50. The van der Waals surface area contributed by atoms with E-state index in [4.69, 9.17) is 5.11 Å². The van der Waals surface area contributed by atoms with Crippen molar-refractivity contribution in [3.63, 3.8) is 0 Å². The average Bonchev–Trinajstić information content (AvgIpc) is 2.49. The summed E-state index contributed by atoms with van der Waals surface area (Å²) in [7, 11) is 0. The van der Waals surface area contributed by atoms with Crippen molar-refractivity contribution in [1.29, 1.82) is 0 Å². The van der Waals surface area contributed by atoms with Crippen LogP contribution in [0.4, 0.5) is 0 Å². The minimum absolute atomic E-state index is 0.258. The highest BCUT2D eigenvalue weighted by atomic mass is 32.1. The molecule has 2 aromatic heterocycles. The van der Waals surface area contributed by atoms with Gasteiger partial charge >= 0.3 is 5.97 Å². The van der Waals surface area contributed by atoms with Crippen molar-refractivity contribution in [2.24, 2.45) is 0 Å². The zero-order valence-electron chi connectivity index (χ0n) is 5.89. The first-order chi connectivity index (χ1) is 5.79. The van der Waals surface area contributed by atoms with Crippen molar-refractivity contribution in [2.75, 3.05) is 0 Å². The van der Waals surface area contributed by atoms with Crippen LogP contribution in [-0.2, 0) is 0 Å². The van der Waals surface area contributed by atoms with Crippen LogP contribution in [0.25, 0.3) is 10.2 Å². The molecule has 2 rings (SSSR count). The van der Waals surface area contributed by atoms with E-state index in [1.165, 1.54) is 30.0 Å². The highest BCUT2D eigenvalue weighted by Gasteiger charge is 2.09. The third kappa shape index (κ3) is 0.947. The van der Waals surface area contributed by atoms with Gasteiger partial charge in [-0.3, -0.25) is 0 Å². The van der Waals surface area contributed by atoms with E-state index in [0.717, 1.165) is 0 Å². The molecule has 0 bridgehead atoms. The lowest BCUT2D eigenvalue weighted by Gasteiger charge is -1.92. The minimum atomic E-state index is -0.942. The smallest absolute Gasteiger partial charge is 0.336 e. The topological polar surface area (TPSA) is 63.1 Å². The molecule has 0 spiro atoms. The number of rotatable bonds is 1. The van der Waals surface area contributed by atoms with E-state index in [1.807, 2.05) is 0 Å². The number of hydrogen-bond donors (Lipinski definition) is 1. The molecule has 0 radical (unpaired) electrons. The van der Waals surface area contributed by atoms with Crippen molar-refractivity contribution in [3.8, 4) is 0 Å². The molecule has 0 unspecified atom stereocenters. The molecule has 2 aromatic rings. The van der Waals surface area contributed by atoms with Crippen LogP contribution in [0.1, 0.15) is 10.4 Å². The maximum absolute atomic E-state index is 10.7. The van der Waals surface area contributed by atoms with Gasteiger partial charge in [-0.2, -0.15) is 4.37 Å². The van der Waals surface area contributed by atoms with Crippen molar-refractivity contribution in [3.05, 3.63) is 24.0 Å². The molecule has 60 valence electrons. The number of carboxylic acids is 1. The average molecular weight is 180 g/mol. The van der Waals surface area contributed by atoms with Crippen molar-refractivity contribution in [1.82, 2.24) is 9.36 Å². The number of pyridine rings is 1. The number of carboxylic acid groups (broad SMARTS) is 1. The first-order valence-corrected chi connectivity index (χ1v) is 3.99. The fraction of sp³-hybridized carbons (Fsp3) is 0. The van der Waals surface area contributed by atoms with Crippen molar-refractivity contribution < 1.29 is 9.90 Å². The summed E-state index contributed by atoms with van der Waals surface area (Å²) in [6.45, 7) is 0. The van der Waals surface area contributed by atoms with Crippen LogP contribution in [0, 0.1) is 0 Å². The Morgan fingerprint density at radius 2 is 2.42 bits per heavy atom. The summed E-state index contributed by atoms with van der Waals surface area (Å²) in [5.41, 5.74) is 0.258. The van der Waals surface area contributed by atoms with Crippen LogP contribution in [0.15, 0.2) is 18.5 Å². The lowest BCUT2D eigenvalue weighted by molar-refractivity contribution is 0.0699. The molecule has 0 amide bonds. The normalized spacial score (nSPS) is 10.3. The maximum atomic E-state index is 10.7. The van der Waals surface area contributed by atoms with Crippen LogP contribution in [0.5, 0.6) is 0 Å². The zero-order chi connectivity index (χ0) is 8.55. The van der Waals surface area contributed by atoms with Gasteiger partial charge in [0.1, 0.15) is 4.83 Å². The first-order valence-electron chi connectivity index (χ1n) is 3.22. The minimum Gasteiger partial charge on any atom is -0.478 e. The lowest BCUT2D eigenvalue weighted by Crippen LogP contribution is -1.96. The van der Waals surface area contributed by atoms with Crippen LogP contribution in [-0.4, -0.2) is 20.4 Å². The number of carbonyl (C=O) groups is 1. The van der Waals surface area contributed by atoms with Crippen LogP contribution in [0.3, 0.4) is 0 Å². The molecule has 0 aliphatic heterocycles. The summed E-state index contributed by atoms with van der Waals surface area (Å²) in [5, 5.41) is 9.36. The molecule has 0 saturated carbocycles. The van der Waals surface area contributed by atoms with Crippen LogP contribution >= 0.6 is 11.5 Å². The summed E-state index contributed by atoms with van der Waals surface area (Å²) in [6, 6.07) is 1.47. The van der Waals surface area contributed by atoms with E-state index in [0.29, 0.717) is 10.2 Å². The Labute approximate surface area is 71.7 Å². The number of hydrogen-bond acceptors (Lipinski definition) is 4. The van der Waals surface area contributed by atoms with E-state index in [-0.39, 0.29) is 5.56 Å². The lowest BCUT2D eigenvalue weighted by atomic mass is 10.2. The standard InChI is InChI=1S/C7H4N2O2S/c10-7(11)4-1-2-8-6-5(4)3-9-12-6/h1-3H,(H,10,11). The van der Waals surface area contributed by atoms with Gasteiger partial charge in [-0.15, -0.1) is 0 Å². The fourth-order valence-electron chi connectivity index (χ4n) is 0.967. The Morgan fingerprint density at radius 1 is 1.58 bits per heavy atom. The molecule has 1 N–H and O–H groups in total. The van der Waals surface area contributed by atoms with Crippen LogP contribution < -0.4 is 0 Å². The summed E-state index contributed by atoms with van der Waals surface area (Å²) in [4.78, 5) is 15.3. The predicted molar refractivity (Wildman–Crippen MR) is 44.4 cm³/mol. The number of aromatic carboxylic acids is 1. The Balaban J connectivity index is 2.82. The molecule has 5 heteroatoms. The molecule has 0 aliphatic rings. The Morgan fingerprint density at radius 3 is 3.17 bits per heavy atom. The summed E-state index contributed by atoms with van der Waals surface area (Å²) in [6.07, 6.45) is 3.00. The van der Waals surface area contributed by atoms with Gasteiger partial charge in [0, 0.05) is 11.6 Å². The van der Waals surface area contributed by atoms with Gasteiger partial charge in [-0.1, -0.05) is 0 Å². The van der Waals surface area contributed by atoms with Gasteiger partial charge < -0.3 is 5.11 Å². The summed E-state index contributed by atoms with van der Waals surface area (Å²) in [5.74, 6) is -0.942. The molecular weight excluding hydrogens is 176 g/mol. The molecule has 0 fully saturated rings. The van der Waals surface area contributed by atoms with Crippen molar-refractivity contribution >= 4 is 27.7 Å². The quantitative estimate of drug-likeness (QED) is 0.720. The van der Waals surface area contributed by atoms with E-state index < -0.39 is 5.97 Å². The molecule has 0 aromatic carbocycles. The monoisotopic (exact) mass is 180 g/mol. The van der Waals surface area contributed by atoms with Gasteiger partial charge in [0.25, 0.3) is 0 Å². The molecule has 4 nitrogen and oxygen atoms in total. The zero-order valence-corrected chi connectivity index (χ0v) is 6.71. The predicted octanol–water partition coefficient (Wildman–Crippen LogP) is 1.39. The van der Waals surface area contributed by atoms with Crippen LogP contribution in [0.2, 0.25) is 0 Å². The second-order valence-corrected chi connectivity index (χ2v) is 2.99. The van der Waals surface area contributed by atoms with Gasteiger partial charge in [-0.25, -0.2) is 9.78 Å². The van der Waals surface area contributed by atoms with Gasteiger partial charge in [-0.05, 0) is 17.6 Å². The Kier molecular flexibility index (Phi) is 1.51.